The molecule has 1 aliphatic carbocycles. The fraction of sp³-hybridized carbons (Fsp3) is 0.652. The minimum Gasteiger partial charge on any atom is -0.342 e. The van der Waals surface area contributed by atoms with Crippen molar-refractivity contribution in [3.8, 4) is 0 Å². The van der Waals surface area contributed by atoms with Crippen LogP contribution < -0.4 is 5.32 Å². The van der Waals surface area contributed by atoms with Crippen molar-refractivity contribution in [2.45, 2.75) is 65.7 Å². The molecule has 1 aromatic rings. The van der Waals surface area contributed by atoms with E-state index >= 15 is 0 Å². The summed E-state index contributed by atoms with van der Waals surface area (Å²) in [5.74, 6) is 1.33. The highest BCUT2D eigenvalue weighted by Crippen LogP contribution is 2.32. The van der Waals surface area contributed by atoms with E-state index in [-0.39, 0.29) is 17.7 Å². The number of nitrogens with zero attached hydrogens (tertiary/aromatic N) is 1. The van der Waals surface area contributed by atoms with Crippen LogP contribution in [0.1, 0.15) is 63.5 Å². The Balaban J connectivity index is 1.53. The summed E-state index contributed by atoms with van der Waals surface area (Å²) in [6.45, 7) is 8.25. The predicted octanol–water partition coefficient (Wildman–Crippen LogP) is 4.56. The average molecular weight is 371 g/mol. The van der Waals surface area contributed by atoms with Crippen LogP contribution >= 0.6 is 0 Å². The number of hydrogen-bond acceptors (Lipinski definition) is 2. The number of rotatable bonds is 4. The zero-order valence-corrected chi connectivity index (χ0v) is 17.1. The molecule has 0 atom stereocenters. The van der Waals surface area contributed by atoms with E-state index in [2.05, 4.69) is 30.1 Å². The molecule has 1 N–H and O–H groups in total. The Morgan fingerprint density at radius 1 is 1.04 bits per heavy atom. The third kappa shape index (κ3) is 4.72. The summed E-state index contributed by atoms with van der Waals surface area (Å²) >= 11 is 0. The summed E-state index contributed by atoms with van der Waals surface area (Å²) in [5, 5.41) is 3.18. The van der Waals surface area contributed by atoms with Gasteiger partial charge in [-0.15, -0.1) is 0 Å². The van der Waals surface area contributed by atoms with Crippen LogP contribution in [0.15, 0.2) is 18.2 Å². The number of hydrogen-bond donors (Lipinski definition) is 1. The lowest BCUT2D eigenvalue weighted by Crippen LogP contribution is -2.42. The number of piperidine rings is 1. The molecule has 1 heterocycles. The molecule has 0 aromatic heterocycles. The van der Waals surface area contributed by atoms with Crippen LogP contribution in [0.5, 0.6) is 0 Å². The van der Waals surface area contributed by atoms with E-state index in [1.165, 1.54) is 5.56 Å². The first-order valence-corrected chi connectivity index (χ1v) is 10.7. The summed E-state index contributed by atoms with van der Waals surface area (Å²) in [6.07, 6.45) is 6.49. The summed E-state index contributed by atoms with van der Waals surface area (Å²) in [6, 6.07) is 6.17. The Bertz CT molecular complexity index is 669. The second-order valence-electron chi connectivity index (χ2n) is 8.51. The van der Waals surface area contributed by atoms with Crippen LogP contribution in [0, 0.1) is 24.7 Å². The monoisotopic (exact) mass is 370 g/mol. The van der Waals surface area contributed by atoms with E-state index in [1.54, 1.807) is 0 Å². The lowest BCUT2D eigenvalue weighted by Gasteiger charge is -2.35. The summed E-state index contributed by atoms with van der Waals surface area (Å²) in [5.41, 5.74) is 3.28. The van der Waals surface area contributed by atoms with Crippen LogP contribution in [0.25, 0.3) is 0 Å². The van der Waals surface area contributed by atoms with Crippen molar-refractivity contribution < 1.29 is 9.59 Å². The first kappa shape index (κ1) is 19.9. The van der Waals surface area contributed by atoms with Gasteiger partial charge < -0.3 is 10.2 Å². The van der Waals surface area contributed by atoms with E-state index < -0.39 is 0 Å². The largest absolute Gasteiger partial charge is 0.342 e. The number of nitrogens with one attached hydrogen (secondary N) is 1. The van der Waals surface area contributed by atoms with E-state index in [0.717, 1.165) is 75.2 Å². The molecule has 1 saturated carbocycles. The Hall–Kier alpha value is -1.84. The Morgan fingerprint density at radius 2 is 1.67 bits per heavy atom. The fourth-order valence-corrected chi connectivity index (χ4v) is 4.52. The van der Waals surface area contributed by atoms with Crippen molar-refractivity contribution in [1.29, 1.82) is 0 Å². The average Bonchev–Trinajstić information content (AvgIpc) is 2.69. The smallest absolute Gasteiger partial charge is 0.227 e. The molecule has 4 nitrogen and oxygen atoms in total. The van der Waals surface area contributed by atoms with Gasteiger partial charge in [0.05, 0.1) is 0 Å². The zero-order chi connectivity index (χ0) is 19.4. The number of carbonyl (C=O) groups excluding carboxylic acids is 2. The number of carbonyl (C=O) groups is 2. The maximum Gasteiger partial charge on any atom is 0.227 e. The van der Waals surface area contributed by atoms with Gasteiger partial charge in [0.25, 0.3) is 0 Å². The first-order valence-electron chi connectivity index (χ1n) is 10.7. The van der Waals surface area contributed by atoms with Crippen molar-refractivity contribution in [3.05, 3.63) is 29.3 Å². The van der Waals surface area contributed by atoms with Gasteiger partial charge >= 0.3 is 0 Å². The quantitative estimate of drug-likeness (QED) is 0.844. The van der Waals surface area contributed by atoms with Gasteiger partial charge in [0.2, 0.25) is 11.8 Å². The minimum absolute atomic E-state index is 0.0275. The number of amides is 2. The van der Waals surface area contributed by atoms with Crippen LogP contribution in [0.3, 0.4) is 0 Å². The fourth-order valence-electron chi connectivity index (χ4n) is 4.52. The van der Waals surface area contributed by atoms with E-state index in [0.29, 0.717) is 5.91 Å². The van der Waals surface area contributed by atoms with Crippen molar-refractivity contribution in [2.75, 3.05) is 18.4 Å². The van der Waals surface area contributed by atoms with Gasteiger partial charge in [-0.1, -0.05) is 32.0 Å². The summed E-state index contributed by atoms with van der Waals surface area (Å²) < 4.78 is 0. The van der Waals surface area contributed by atoms with Crippen LogP contribution in [-0.4, -0.2) is 29.8 Å². The molecule has 4 heteroatoms. The lowest BCUT2D eigenvalue weighted by molar-refractivity contribution is -0.139. The summed E-state index contributed by atoms with van der Waals surface area (Å²) in [7, 11) is 0. The summed E-state index contributed by atoms with van der Waals surface area (Å²) in [4.78, 5) is 27.6. The SMILES string of the molecule is CCc1cccc(C)c1NC(=O)C1CCC(C(=O)N2CCC(C)CC2)CC1. The number of para-hydroxylation sites is 1. The Morgan fingerprint density at radius 3 is 2.30 bits per heavy atom. The van der Waals surface area contributed by atoms with Crippen molar-refractivity contribution in [1.82, 2.24) is 4.90 Å². The Labute approximate surface area is 163 Å². The molecule has 27 heavy (non-hydrogen) atoms. The van der Waals surface area contributed by atoms with Crippen LogP contribution in [-0.2, 0) is 16.0 Å². The molecule has 148 valence electrons. The highest BCUT2D eigenvalue weighted by atomic mass is 16.2. The molecular weight excluding hydrogens is 336 g/mol. The van der Waals surface area contributed by atoms with E-state index in [4.69, 9.17) is 0 Å². The molecule has 0 spiro atoms. The molecule has 0 unspecified atom stereocenters. The third-order valence-corrected chi connectivity index (χ3v) is 6.53. The van der Waals surface area contributed by atoms with Gasteiger partial charge in [-0.3, -0.25) is 9.59 Å². The van der Waals surface area contributed by atoms with Gasteiger partial charge in [-0.2, -0.15) is 0 Å². The molecular formula is C23H34N2O2. The van der Waals surface area contributed by atoms with Crippen molar-refractivity contribution in [2.24, 2.45) is 17.8 Å². The number of anilines is 1. The molecule has 0 radical (unpaired) electrons. The standard InChI is InChI=1S/C23H34N2O2/c1-4-18-7-5-6-17(3)21(18)24-22(26)19-8-10-20(11-9-19)23(27)25-14-12-16(2)13-15-25/h5-7,16,19-20H,4,8-15H2,1-3H3,(H,24,26). The van der Waals surface area contributed by atoms with Crippen LogP contribution in [0.2, 0.25) is 0 Å². The van der Waals surface area contributed by atoms with Gasteiger partial charge in [0.1, 0.15) is 0 Å². The number of benzene rings is 1. The minimum atomic E-state index is 0.0275. The van der Waals surface area contributed by atoms with Gasteiger partial charge in [0, 0.05) is 30.6 Å². The lowest BCUT2D eigenvalue weighted by atomic mass is 9.80. The maximum absolute atomic E-state index is 12.8. The molecule has 1 aromatic carbocycles. The molecule has 2 amide bonds. The predicted molar refractivity (Wildman–Crippen MR) is 110 cm³/mol. The zero-order valence-electron chi connectivity index (χ0n) is 17.1. The number of aryl methyl sites for hydroxylation is 2. The topological polar surface area (TPSA) is 49.4 Å². The highest BCUT2D eigenvalue weighted by Gasteiger charge is 2.33. The van der Waals surface area contributed by atoms with E-state index in [9.17, 15) is 9.59 Å². The molecule has 1 aliphatic heterocycles. The first-order chi connectivity index (χ1) is 13.0. The number of likely N-dealkylation sites (tertiary alicyclic amines) is 1. The molecule has 3 rings (SSSR count). The molecule has 2 fully saturated rings. The Kier molecular flexibility index (Phi) is 6.56. The third-order valence-electron chi connectivity index (χ3n) is 6.53. The van der Waals surface area contributed by atoms with Gasteiger partial charge in [-0.25, -0.2) is 0 Å². The van der Waals surface area contributed by atoms with Gasteiger partial charge in [0.15, 0.2) is 0 Å². The van der Waals surface area contributed by atoms with Crippen molar-refractivity contribution in [3.63, 3.8) is 0 Å². The second kappa shape index (κ2) is 8.90. The second-order valence-corrected chi connectivity index (χ2v) is 8.51. The molecule has 0 bridgehead atoms. The highest BCUT2D eigenvalue weighted by molar-refractivity contribution is 5.94. The molecule has 1 saturated heterocycles. The van der Waals surface area contributed by atoms with E-state index in [1.807, 2.05) is 19.1 Å². The normalized spacial score (nSPS) is 23.9. The van der Waals surface area contributed by atoms with Crippen LogP contribution in [0.4, 0.5) is 5.69 Å². The van der Waals surface area contributed by atoms with Crippen molar-refractivity contribution >= 4 is 17.5 Å². The maximum atomic E-state index is 12.8. The molecule has 2 aliphatic rings. The van der Waals surface area contributed by atoms with Gasteiger partial charge in [-0.05, 0) is 68.9 Å².